The molecule has 1 aromatic heterocycles. The fourth-order valence-electron chi connectivity index (χ4n) is 1.40. The van der Waals surface area contributed by atoms with Crippen molar-refractivity contribution in [2.75, 3.05) is 5.32 Å². The molecule has 0 atom stereocenters. The summed E-state index contributed by atoms with van der Waals surface area (Å²) in [7, 11) is 0. The molecular formula is C12H5BrClF2N3. The number of anilines is 2. The van der Waals surface area contributed by atoms with E-state index in [1.807, 2.05) is 6.07 Å². The van der Waals surface area contributed by atoms with Crippen LogP contribution in [0.25, 0.3) is 0 Å². The predicted octanol–water partition coefficient (Wildman–Crippen LogP) is 4.39. The molecule has 2 rings (SSSR count). The summed E-state index contributed by atoms with van der Waals surface area (Å²) in [6, 6.07) is 5.15. The maximum atomic E-state index is 13.6. The second kappa shape index (κ2) is 5.51. The Morgan fingerprint density at radius 1 is 1.37 bits per heavy atom. The fraction of sp³-hybridized carbons (Fsp3) is 0. The summed E-state index contributed by atoms with van der Waals surface area (Å²) in [4.78, 5) is 3.91. The molecule has 0 fully saturated rings. The molecule has 0 bridgehead atoms. The van der Waals surface area contributed by atoms with Gasteiger partial charge >= 0.3 is 0 Å². The molecule has 0 amide bonds. The maximum absolute atomic E-state index is 13.6. The van der Waals surface area contributed by atoms with E-state index >= 15 is 0 Å². The van der Waals surface area contributed by atoms with Crippen molar-refractivity contribution in [1.82, 2.24) is 4.98 Å². The van der Waals surface area contributed by atoms with Crippen LogP contribution in [0.3, 0.4) is 0 Å². The van der Waals surface area contributed by atoms with E-state index in [0.29, 0.717) is 0 Å². The van der Waals surface area contributed by atoms with Crippen LogP contribution in [0.4, 0.5) is 20.3 Å². The molecule has 0 spiro atoms. The van der Waals surface area contributed by atoms with Crippen molar-refractivity contribution in [3.63, 3.8) is 0 Å². The van der Waals surface area contributed by atoms with E-state index in [1.165, 1.54) is 12.3 Å². The Hall–Kier alpha value is -1.71. The third-order valence-electron chi connectivity index (χ3n) is 2.26. The molecule has 0 saturated carbocycles. The van der Waals surface area contributed by atoms with Crippen LogP contribution in [0.5, 0.6) is 0 Å². The number of hydrogen-bond donors (Lipinski definition) is 1. The van der Waals surface area contributed by atoms with E-state index in [0.717, 1.165) is 12.1 Å². The van der Waals surface area contributed by atoms with Crippen molar-refractivity contribution < 1.29 is 8.78 Å². The average Bonchev–Trinajstić information content (AvgIpc) is 2.35. The molecule has 1 heterocycles. The number of nitriles is 1. The van der Waals surface area contributed by atoms with Crippen LogP contribution in [0.1, 0.15) is 5.56 Å². The molecule has 1 N–H and O–H groups in total. The maximum Gasteiger partial charge on any atom is 0.150 e. The number of aromatic nitrogens is 1. The van der Waals surface area contributed by atoms with Gasteiger partial charge in [0.05, 0.1) is 11.3 Å². The van der Waals surface area contributed by atoms with Crippen molar-refractivity contribution in [1.29, 1.82) is 5.26 Å². The van der Waals surface area contributed by atoms with Gasteiger partial charge in [0.15, 0.2) is 11.6 Å². The minimum absolute atomic E-state index is 0.00844. The van der Waals surface area contributed by atoms with Gasteiger partial charge in [-0.2, -0.15) is 5.26 Å². The molecule has 3 nitrogen and oxygen atoms in total. The summed E-state index contributed by atoms with van der Waals surface area (Å²) in [6.45, 7) is 0. The first kappa shape index (κ1) is 13.7. The third kappa shape index (κ3) is 2.83. The van der Waals surface area contributed by atoms with Gasteiger partial charge in [-0.15, -0.1) is 0 Å². The van der Waals surface area contributed by atoms with E-state index < -0.39 is 11.6 Å². The van der Waals surface area contributed by atoms with E-state index in [4.69, 9.17) is 16.9 Å². The Kier molecular flexibility index (Phi) is 3.98. The Morgan fingerprint density at radius 2 is 2.11 bits per heavy atom. The second-order valence-corrected chi connectivity index (χ2v) is 4.73. The first-order chi connectivity index (χ1) is 9.02. The second-order valence-electron chi connectivity index (χ2n) is 3.50. The lowest BCUT2D eigenvalue weighted by Crippen LogP contribution is -2.00. The molecule has 96 valence electrons. The summed E-state index contributed by atoms with van der Waals surface area (Å²) in [6.07, 6.45) is 1.36. The molecule has 0 radical (unpaired) electrons. The Bertz CT molecular complexity index is 662. The van der Waals surface area contributed by atoms with Crippen molar-refractivity contribution in [3.8, 4) is 6.07 Å². The van der Waals surface area contributed by atoms with E-state index in [2.05, 4.69) is 26.2 Å². The van der Waals surface area contributed by atoms with Crippen molar-refractivity contribution >= 4 is 39.0 Å². The molecule has 1 aromatic carbocycles. The van der Waals surface area contributed by atoms with E-state index in [-0.39, 0.29) is 26.6 Å². The summed E-state index contributed by atoms with van der Waals surface area (Å²) < 4.78 is 26.8. The number of halogens is 4. The zero-order chi connectivity index (χ0) is 14.0. The minimum atomic E-state index is -0.799. The zero-order valence-corrected chi connectivity index (χ0v) is 11.6. The van der Waals surface area contributed by atoms with Gasteiger partial charge in [-0.1, -0.05) is 11.6 Å². The highest BCUT2D eigenvalue weighted by Crippen LogP contribution is 2.32. The zero-order valence-electron chi connectivity index (χ0n) is 9.22. The Balaban J connectivity index is 2.46. The summed E-state index contributed by atoms with van der Waals surface area (Å²) >= 11 is 8.97. The molecule has 2 aromatic rings. The van der Waals surface area contributed by atoms with Gasteiger partial charge in [0.1, 0.15) is 16.9 Å². The van der Waals surface area contributed by atoms with Gasteiger partial charge < -0.3 is 5.32 Å². The smallest absolute Gasteiger partial charge is 0.150 e. The van der Waals surface area contributed by atoms with Gasteiger partial charge in [-0.25, -0.2) is 13.8 Å². The van der Waals surface area contributed by atoms with Crippen LogP contribution in [-0.2, 0) is 0 Å². The summed E-state index contributed by atoms with van der Waals surface area (Å²) in [5, 5.41) is 11.5. The highest BCUT2D eigenvalue weighted by Gasteiger charge is 2.13. The minimum Gasteiger partial charge on any atom is -0.336 e. The Labute approximate surface area is 121 Å². The normalized spacial score (nSPS) is 10.1. The van der Waals surface area contributed by atoms with E-state index in [9.17, 15) is 8.78 Å². The highest BCUT2D eigenvalue weighted by atomic mass is 79.9. The molecule has 0 aliphatic carbocycles. The van der Waals surface area contributed by atoms with Gasteiger partial charge in [0.2, 0.25) is 0 Å². The first-order valence-corrected chi connectivity index (χ1v) is 6.16. The lowest BCUT2D eigenvalue weighted by molar-refractivity contribution is 0.584. The number of pyridine rings is 1. The Morgan fingerprint density at radius 3 is 2.74 bits per heavy atom. The SMILES string of the molecule is N#Cc1ccnc(Nc2c(F)cc(F)cc2Br)c1Cl. The van der Waals surface area contributed by atoms with Gasteiger partial charge in [-0.3, -0.25) is 0 Å². The van der Waals surface area contributed by atoms with Gasteiger partial charge in [-0.05, 0) is 28.1 Å². The monoisotopic (exact) mass is 343 g/mol. The largest absolute Gasteiger partial charge is 0.336 e. The van der Waals surface area contributed by atoms with Crippen molar-refractivity contribution in [3.05, 3.63) is 51.1 Å². The van der Waals surface area contributed by atoms with Crippen LogP contribution >= 0.6 is 27.5 Å². The molecule has 0 saturated heterocycles. The third-order valence-corrected chi connectivity index (χ3v) is 3.27. The van der Waals surface area contributed by atoms with Crippen LogP contribution in [0.2, 0.25) is 5.02 Å². The molecule has 7 heteroatoms. The summed E-state index contributed by atoms with van der Waals surface area (Å²) in [5.41, 5.74) is 0.198. The number of rotatable bonds is 2. The van der Waals surface area contributed by atoms with Gasteiger partial charge in [0, 0.05) is 16.7 Å². The van der Waals surface area contributed by atoms with Crippen LogP contribution in [0, 0.1) is 23.0 Å². The molecule has 0 unspecified atom stereocenters. The summed E-state index contributed by atoms with van der Waals surface area (Å²) in [5.74, 6) is -1.39. The first-order valence-electron chi connectivity index (χ1n) is 4.99. The number of nitrogens with zero attached hydrogens (tertiary/aromatic N) is 2. The fourth-order valence-corrected chi connectivity index (χ4v) is 2.11. The lowest BCUT2D eigenvalue weighted by atomic mass is 10.2. The standard InChI is InChI=1S/C12H5BrClF2N3/c13-8-3-7(15)4-9(16)11(8)19-12-10(14)6(5-17)1-2-18-12/h1-4H,(H,18,19). The molecule has 19 heavy (non-hydrogen) atoms. The molecular weight excluding hydrogens is 340 g/mol. The molecule has 0 aliphatic rings. The lowest BCUT2D eigenvalue weighted by Gasteiger charge is -2.10. The van der Waals surface area contributed by atoms with Crippen LogP contribution in [-0.4, -0.2) is 4.98 Å². The topological polar surface area (TPSA) is 48.7 Å². The van der Waals surface area contributed by atoms with Crippen LogP contribution < -0.4 is 5.32 Å². The van der Waals surface area contributed by atoms with Crippen molar-refractivity contribution in [2.24, 2.45) is 0 Å². The number of nitrogens with one attached hydrogen (secondary N) is 1. The van der Waals surface area contributed by atoms with Crippen LogP contribution in [0.15, 0.2) is 28.9 Å². The predicted molar refractivity (Wildman–Crippen MR) is 71.3 cm³/mol. The number of hydrogen-bond acceptors (Lipinski definition) is 3. The molecule has 0 aliphatic heterocycles. The van der Waals surface area contributed by atoms with Gasteiger partial charge in [0.25, 0.3) is 0 Å². The average molecular weight is 345 g/mol. The highest BCUT2D eigenvalue weighted by molar-refractivity contribution is 9.10. The quantitative estimate of drug-likeness (QED) is 0.879. The van der Waals surface area contributed by atoms with E-state index in [1.54, 1.807) is 0 Å². The van der Waals surface area contributed by atoms with Crippen molar-refractivity contribution in [2.45, 2.75) is 0 Å². The number of benzene rings is 1.